The Balaban J connectivity index is 2.30. The van der Waals surface area contributed by atoms with Crippen molar-refractivity contribution < 1.29 is 9.53 Å². The van der Waals surface area contributed by atoms with E-state index in [0.717, 1.165) is 12.8 Å². The maximum atomic E-state index is 11.7. The number of hydrogen-bond acceptors (Lipinski definition) is 2. The first-order chi connectivity index (χ1) is 7.18. The van der Waals surface area contributed by atoms with Gasteiger partial charge in [0.1, 0.15) is 6.10 Å². The Hall–Kier alpha value is -1.31. The predicted octanol–water partition coefficient (Wildman–Crippen LogP) is 2.78. The molecule has 1 saturated heterocycles. The van der Waals surface area contributed by atoms with Crippen LogP contribution >= 0.6 is 0 Å². The summed E-state index contributed by atoms with van der Waals surface area (Å²) in [6, 6.07) is 4.24. The number of aryl methyl sites for hydroxylation is 2. The molecule has 0 N–H and O–H groups in total. The number of carbonyl (C=O) groups is 1. The van der Waals surface area contributed by atoms with Gasteiger partial charge in [-0.3, -0.25) is 4.79 Å². The lowest BCUT2D eigenvalue weighted by molar-refractivity contribution is -0.159. The third kappa shape index (κ3) is 1.08. The molecule has 1 aromatic rings. The monoisotopic (exact) mass is 202 g/mol. The summed E-state index contributed by atoms with van der Waals surface area (Å²) in [5.41, 5.74) is 5.04. The highest BCUT2D eigenvalue weighted by Gasteiger charge is 2.41. The summed E-state index contributed by atoms with van der Waals surface area (Å²) >= 11 is 0. The van der Waals surface area contributed by atoms with Crippen molar-refractivity contribution in [2.45, 2.75) is 38.7 Å². The van der Waals surface area contributed by atoms with Crippen LogP contribution in [-0.4, -0.2) is 5.97 Å². The molecule has 0 radical (unpaired) electrons. The summed E-state index contributed by atoms with van der Waals surface area (Å²) in [5, 5.41) is 0. The Bertz CT molecular complexity index is 448. The van der Waals surface area contributed by atoms with Gasteiger partial charge in [-0.25, -0.2) is 0 Å². The van der Waals surface area contributed by atoms with Gasteiger partial charge in [0.25, 0.3) is 0 Å². The smallest absolute Gasteiger partial charge is 0.314 e. The first kappa shape index (κ1) is 8.96. The Labute approximate surface area is 89.2 Å². The molecular weight excluding hydrogens is 188 g/mol. The van der Waals surface area contributed by atoms with Crippen molar-refractivity contribution in [3.63, 3.8) is 0 Å². The zero-order chi connectivity index (χ0) is 10.6. The number of fused-ring (bicyclic) bond motifs is 2. The molecule has 3 aliphatic rings. The molecule has 2 atom stereocenters. The van der Waals surface area contributed by atoms with Crippen LogP contribution in [0.1, 0.15) is 47.1 Å². The molecule has 1 aliphatic carbocycles. The fraction of sp³-hybridized carbons (Fsp3) is 0.462. The van der Waals surface area contributed by atoms with E-state index in [9.17, 15) is 4.79 Å². The zero-order valence-electron chi connectivity index (χ0n) is 9.04. The summed E-state index contributed by atoms with van der Waals surface area (Å²) < 4.78 is 5.41. The van der Waals surface area contributed by atoms with E-state index in [1.165, 1.54) is 22.3 Å². The van der Waals surface area contributed by atoms with Crippen LogP contribution < -0.4 is 0 Å². The van der Waals surface area contributed by atoms with Crippen molar-refractivity contribution in [3.8, 4) is 0 Å². The van der Waals surface area contributed by atoms with Crippen LogP contribution in [0.4, 0.5) is 0 Å². The van der Waals surface area contributed by atoms with E-state index >= 15 is 0 Å². The second-order valence-electron chi connectivity index (χ2n) is 4.58. The van der Waals surface area contributed by atoms with Crippen molar-refractivity contribution in [3.05, 3.63) is 34.4 Å². The minimum atomic E-state index is -0.0209. The Morgan fingerprint density at radius 3 is 2.47 bits per heavy atom. The zero-order valence-corrected chi connectivity index (χ0v) is 9.04. The molecule has 2 aliphatic heterocycles. The number of benzene rings is 1. The van der Waals surface area contributed by atoms with Gasteiger partial charge in [-0.15, -0.1) is 0 Å². The molecule has 2 bridgehead atoms. The SMILES string of the molecule is Cc1ccc(C)c2c1C1CCC2C(=O)O1. The molecule has 1 fully saturated rings. The van der Waals surface area contributed by atoms with E-state index in [4.69, 9.17) is 4.74 Å². The Morgan fingerprint density at radius 2 is 1.80 bits per heavy atom. The maximum absolute atomic E-state index is 11.7. The molecule has 4 rings (SSSR count). The molecule has 78 valence electrons. The van der Waals surface area contributed by atoms with E-state index in [-0.39, 0.29) is 18.0 Å². The molecule has 2 unspecified atom stereocenters. The number of carbonyl (C=O) groups excluding carboxylic acids is 1. The van der Waals surface area contributed by atoms with Crippen molar-refractivity contribution in [1.29, 1.82) is 0 Å². The van der Waals surface area contributed by atoms with Gasteiger partial charge >= 0.3 is 5.97 Å². The van der Waals surface area contributed by atoms with Gasteiger partial charge < -0.3 is 4.74 Å². The summed E-state index contributed by atoms with van der Waals surface area (Å²) in [4.78, 5) is 11.7. The normalized spacial score (nSPS) is 27.5. The maximum Gasteiger partial charge on any atom is 0.314 e. The van der Waals surface area contributed by atoms with Gasteiger partial charge in [0.15, 0.2) is 0 Å². The Morgan fingerprint density at radius 1 is 1.13 bits per heavy atom. The van der Waals surface area contributed by atoms with Crippen LogP contribution in [0.5, 0.6) is 0 Å². The number of hydrogen-bond donors (Lipinski definition) is 0. The van der Waals surface area contributed by atoms with Crippen LogP contribution in [0, 0.1) is 13.8 Å². The van der Waals surface area contributed by atoms with Crippen LogP contribution in [0.2, 0.25) is 0 Å². The lowest BCUT2D eigenvalue weighted by Crippen LogP contribution is -2.33. The average molecular weight is 202 g/mol. The Kier molecular flexibility index (Phi) is 1.70. The molecule has 0 aromatic heterocycles. The second-order valence-corrected chi connectivity index (χ2v) is 4.58. The highest BCUT2D eigenvalue weighted by Crippen LogP contribution is 2.48. The van der Waals surface area contributed by atoms with Gasteiger partial charge in [-0.2, -0.15) is 0 Å². The van der Waals surface area contributed by atoms with Crippen molar-refractivity contribution in [2.75, 3.05) is 0 Å². The molecular formula is C13H14O2. The molecule has 2 heterocycles. The number of ether oxygens (including phenoxy) is 1. The van der Waals surface area contributed by atoms with Gasteiger partial charge in [-0.05, 0) is 48.9 Å². The quantitative estimate of drug-likeness (QED) is 0.605. The third-order valence-electron chi connectivity index (χ3n) is 3.65. The summed E-state index contributed by atoms with van der Waals surface area (Å²) in [6.07, 6.45) is 1.98. The topological polar surface area (TPSA) is 26.3 Å². The molecule has 0 amide bonds. The lowest BCUT2D eigenvalue weighted by Gasteiger charge is -2.38. The molecule has 2 heteroatoms. The van der Waals surface area contributed by atoms with Gasteiger partial charge in [0.2, 0.25) is 0 Å². The fourth-order valence-electron chi connectivity index (χ4n) is 2.93. The molecule has 0 saturated carbocycles. The summed E-state index contributed by atoms with van der Waals surface area (Å²) in [7, 11) is 0. The number of esters is 1. The van der Waals surface area contributed by atoms with Crippen LogP contribution in [0.3, 0.4) is 0 Å². The lowest BCUT2D eigenvalue weighted by atomic mass is 9.75. The molecule has 2 nitrogen and oxygen atoms in total. The minimum absolute atomic E-state index is 0.00454. The third-order valence-corrected chi connectivity index (χ3v) is 3.65. The molecule has 15 heavy (non-hydrogen) atoms. The summed E-state index contributed by atoms with van der Waals surface area (Å²) in [5.74, 6) is -0.0163. The summed E-state index contributed by atoms with van der Waals surface area (Å²) in [6.45, 7) is 4.19. The average Bonchev–Trinajstić information content (AvgIpc) is 2.23. The van der Waals surface area contributed by atoms with Crippen molar-refractivity contribution in [2.24, 2.45) is 0 Å². The number of rotatable bonds is 0. The largest absolute Gasteiger partial charge is 0.457 e. The van der Waals surface area contributed by atoms with E-state index in [1.54, 1.807) is 0 Å². The van der Waals surface area contributed by atoms with E-state index in [1.807, 2.05) is 0 Å². The van der Waals surface area contributed by atoms with Crippen LogP contribution in [0.25, 0.3) is 0 Å². The van der Waals surface area contributed by atoms with Crippen molar-refractivity contribution in [1.82, 2.24) is 0 Å². The standard InChI is InChI=1S/C13H14O2/c1-7-3-4-8(2)12-10-6-5-9(11(7)12)13(14)15-10/h3-4,9-10H,5-6H2,1-2H3. The second kappa shape index (κ2) is 2.84. The molecule has 0 spiro atoms. The van der Waals surface area contributed by atoms with Gasteiger partial charge in [0.05, 0.1) is 5.92 Å². The van der Waals surface area contributed by atoms with Gasteiger partial charge in [0, 0.05) is 0 Å². The van der Waals surface area contributed by atoms with Gasteiger partial charge in [-0.1, -0.05) is 12.1 Å². The predicted molar refractivity (Wildman–Crippen MR) is 56.7 cm³/mol. The minimum Gasteiger partial charge on any atom is -0.457 e. The molecule has 1 aromatic carbocycles. The van der Waals surface area contributed by atoms with Crippen LogP contribution in [0.15, 0.2) is 12.1 Å². The first-order valence-corrected chi connectivity index (χ1v) is 5.49. The van der Waals surface area contributed by atoms with E-state index in [0.29, 0.717) is 0 Å². The fourth-order valence-corrected chi connectivity index (χ4v) is 2.93. The van der Waals surface area contributed by atoms with E-state index < -0.39 is 0 Å². The van der Waals surface area contributed by atoms with Crippen LogP contribution in [-0.2, 0) is 9.53 Å². The highest BCUT2D eigenvalue weighted by atomic mass is 16.5. The highest BCUT2D eigenvalue weighted by molar-refractivity contribution is 5.82. The van der Waals surface area contributed by atoms with Crippen molar-refractivity contribution >= 4 is 5.97 Å². The first-order valence-electron chi connectivity index (χ1n) is 5.49. The van der Waals surface area contributed by atoms with E-state index in [2.05, 4.69) is 26.0 Å².